The third-order valence-corrected chi connectivity index (χ3v) is 4.22. The molecule has 0 heterocycles. The van der Waals surface area contributed by atoms with Crippen LogP contribution in [0, 0.1) is 0 Å². The van der Waals surface area contributed by atoms with Crippen molar-refractivity contribution in [2.75, 3.05) is 6.61 Å². The first-order valence-corrected chi connectivity index (χ1v) is 8.21. The number of carbonyl (C=O) groups is 1. The molecule has 2 rings (SSSR count). The summed E-state index contributed by atoms with van der Waals surface area (Å²) in [6, 6.07) is 15.3. The molecule has 0 aromatic heterocycles. The second-order valence-electron chi connectivity index (χ2n) is 5.50. The molecule has 0 aliphatic heterocycles. The summed E-state index contributed by atoms with van der Waals surface area (Å²) in [5.41, 5.74) is 2.02. The molecule has 2 aromatic rings. The van der Waals surface area contributed by atoms with Crippen molar-refractivity contribution < 1.29 is 9.53 Å². The zero-order valence-electron chi connectivity index (χ0n) is 13.5. The number of halogens is 1. The van der Waals surface area contributed by atoms with Gasteiger partial charge < -0.3 is 10.1 Å². The van der Waals surface area contributed by atoms with E-state index in [-0.39, 0.29) is 12.5 Å². The Morgan fingerprint density at radius 2 is 1.87 bits per heavy atom. The number of hydrogen-bond donors (Lipinski definition) is 1. The van der Waals surface area contributed by atoms with E-state index in [1.54, 1.807) is 0 Å². The first-order valence-electron chi connectivity index (χ1n) is 7.83. The monoisotopic (exact) mass is 331 g/mol. The number of rotatable bonds is 7. The number of hydrogen-bond acceptors (Lipinski definition) is 2. The van der Waals surface area contributed by atoms with Gasteiger partial charge in [0.05, 0.1) is 0 Å². The van der Waals surface area contributed by atoms with Crippen LogP contribution in [0.1, 0.15) is 37.3 Å². The molecule has 2 aromatic carbocycles. The number of benzene rings is 2. The zero-order valence-corrected chi connectivity index (χ0v) is 14.3. The predicted molar refractivity (Wildman–Crippen MR) is 93.9 cm³/mol. The fourth-order valence-corrected chi connectivity index (χ4v) is 2.47. The molecule has 0 saturated heterocycles. The maximum Gasteiger partial charge on any atom is 0.258 e. The number of nitrogens with one attached hydrogen (secondary N) is 1. The molecule has 0 spiro atoms. The van der Waals surface area contributed by atoms with Crippen molar-refractivity contribution in [3.8, 4) is 5.75 Å². The summed E-state index contributed by atoms with van der Waals surface area (Å²) in [6.07, 6.45) is 1.03. The molecule has 0 aliphatic rings. The Bertz CT molecular complexity index is 657. The first-order chi connectivity index (χ1) is 11.1. The van der Waals surface area contributed by atoms with Crippen molar-refractivity contribution in [3.05, 3.63) is 64.7 Å². The highest BCUT2D eigenvalue weighted by molar-refractivity contribution is 6.31. The number of amides is 1. The summed E-state index contributed by atoms with van der Waals surface area (Å²) in [5.74, 6) is 1.01. The molecule has 1 atom stereocenters. The number of para-hydroxylation sites is 1. The molecule has 0 fully saturated rings. The van der Waals surface area contributed by atoms with Gasteiger partial charge in [0.25, 0.3) is 5.91 Å². The fourth-order valence-electron chi connectivity index (χ4n) is 2.27. The van der Waals surface area contributed by atoms with Crippen LogP contribution in [0.2, 0.25) is 5.02 Å². The van der Waals surface area contributed by atoms with E-state index in [4.69, 9.17) is 16.3 Å². The largest absolute Gasteiger partial charge is 0.483 e. The second kappa shape index (κ2) is 8.59. The van der Waals surface area contributed by atoms with E-state index in [2.05, 4.69) is 19.2 Å². The molecular formula is C19H22ClNO2. The van der Waals surface area contributed by atoms with E-state index in [0.29, 0.717) is 17.5 Å². The van der Waals surface area contributed by atoms with E-state index < -0.39 is 0 Å². The molecular weight excluding hydrogens is 310 g/mol. The van der Waals surface area contributed by atoms with Crippen LogP contribution in [-0.2, 0) is 11.3 Å². The smallest absolute Gasteiger partial charge is 0.258 e. The summed E-state index contributed by atoms with van der Waals surface area (Å²) in [4.78, 5) is 12.0. The molecule has 23 heavy (non-hydrogen) atoms. The van der Waals surface area contributed by atoms with Gasteiger partial charge in [-0.3, -0.25) is 4.79 Å². The third kappa shape index (κ3) is 5.00. The minimum atomic E-state index is -0.163. The molecule has 0 aliphatic carbocycles. The lowest BCUT2D eigenvalue weighted by Gasteiger charge is -2.15. The first kappa shape index (κ1) is 17.4. The van der Waals surface area contributed by atoms with E-state index in [9.17, 15) is 4.79 Å². The summed E-state index contributed by atoms with van der Waals surface area (Å²) in [6.45, 7) is 4.68. The van der Waals surface area contributed by atoms with Gasteiger partial charge >= 0.3 is 0 Å². The highest BCUT2D eigenvalue weighted by Crippen LogP contribution is 2.28. The lowest BCUT2D eigenvalue weighted by Crippen LogP contribution is -2.28. The predicted octanol–water partition coefficient (Wildman–Crippen LogP) is 4.55. The van der Waals surface area contributed by atoms with Crippen molar-refractivity contribution in [3.63, 3.8) is 0 Å². The van der Waals surface area contributed by atoms with Crippen LogP contribution in [0.25, 0.3) is 0 Å². The Kier molecular flexibility index (Phi) is 6.48. The Morgan fingerprint density at radius 1 is 1.17 bits per heavy atom. The van der Waals surface area contributed by atoms with Gasteiger partial charge in [-0.2, -0.15) is 0 Å². The van der Waals surface area contributed by atoms with Crippen LogP contribution in [0.4, 0.5) is 0 Å². The van der Waals surface area contributed by atoms with Crippen LogP contribution in [0.3, 0.4) is 0 Å². The molecule has 122 valence electrons. The van der Waals surface area contributed by atoms with Crippen molar-refractivity contribution in [2.45, 2.75) is 32.7 Å². The maximum atomic E-state index is 12.0. The quantitative estimate of drug-likeness (QED) is 0.808. The van der Waals surface area contributed by atoms with Gasteiger partial charge in [0, 0.05) is 11.6 Å². The number of ether oxygens (including phenoxy) is 1. The second-order valence-corrected chi connectivity index (χ2v) is 5.91. The molecule has 0 radical (unpaired) electrons. The average molecular weight is 332 g/mol. The normalized spacial score (nSPS) is 11.8. The summed E-state index contributed by atoms with van der Waals surface area (Å²) in [7, 11) is 0. The van der Waals surface area contributed by atoms with Gasteiger partial charge in [-0.1, -0.05) is 61.8 Å². The lowest BCUT2D eigenvalue weighted by molar-refractivity contribution is -0.123. The third-order valence-electron chi connectivity index (χ3n) is 3.85. The zero-order chi connectivity index (χ0) is 16.7. The van der Waals surface area contributed by atoms with Gasteiger partial charge in [0.15, 0.2) is 6.61 Å². The van der Waals surface area contributed by atoms with Gasteiger partial charge in [0.2, 0.25) is 0 Å². The standard InChI is InChI=1S/C19H22ClNO2/c1-3-14(2)16-9-5-7-11-18(16)23-13-19(22)21-12-15-8-4-6-10-17(15)20/h4-11,14H,3,12-13H2,1-2H3,(H,21,22). The van der Waals surface area contributed by atoms with Crippen molar-refractivity contribution >= 4 is 17.5 Å². The van der Waals surface area contributed by atoms with Crippen LogP contribution in [0.5, 0.6) is 5.75 Å². The number of carbonyl (C=O) groups excluding carboxylic acids is 1. The minimum absolute atomic E-state index is 0.00208. The Labute approximate surface area is 142 Å². The average Bonchev–Trinajstić information content (AvgIpc) is 2.58. The molecule has 3 nitrogen and oxygen atoms in total. The topological polar surface area (TPSA) is 38.3 Å². The molecule has 1 amide bonds. The van der Waals surface area contributed by atoms with Crippen LogP contribution in [-0.4, -0.2) is 12.5 Å². The van der Waals surface area contributed by atoms with Crippen molar-refractivity contribution in [1.82, 2.24) is 5.32 Å². The van der Waals surface area contributed by atoms with Gasteiger partial charge in [-0.25, -0.2) is 0 Å². The Morgan fingerprint density at radius 3 is 2.61 bits per heavy atom. The van der Waals surface area contributed by atoms with Gasteiger partial charge in [-0.05, 0) is 35.6 Å². The van der Waals surface area contributed by atoms with Gasteiger partial charge in [0.1, 0.15) is 5.75 Å². The lowest BCUT2D eigenvalue weighted by atomic mass is 9.98. The SMILES string of the molecule is CCC(C)c1ccccc1OCC(=O)NCc1ccccc1Cl. The van der Waals surface area contributed by atoms with Gasteiger partial charge in [-0.15, -0.1) is 0 Å². The van der Waals surface area contributed by atoms with Crippen LogP contribution < -0.4 is 10.1 Å². The van der Waals surface area contributed by atoms with Crippen LogP contribution in [0.15, 0.2) is 48.5 Å². The summed E-state index contributed by atoms with van der Waals surface area (Å²) in [5, 5.41) is 3.47. The maximum absolute atomic E-state index is 12.0. The summed E-state index contributed by atoms with van der Waals surface area (Å²) >= 11 is 6.07. The van der Waals surface area contributed by atoms with E-state index in [1.165, 1.54) is 0 Å². The Balaban J connectivity index is 1.89. The molecule has 0 bridgehead atoms. The van der Waals surface area contributed by atoms with E-state index in [0.717, 1.165) is 23.3 Å². The van der Waals surface area contributed by atoms with E-state index >= 15 is 0 Å². The molecule has 4 heteroatoms. The van der Waals surface area contributed by atoms with Crippen molar-refractivity contribution in [1.29, 1.82) is 0 Å². The highest BCUT2D eigenvalue weighted by atomic mass is 35.5. The van der Waals surface area contributed by atoms with Crippen molar-refractivity contribution in [2.24, 2.45) is 0 Å². The molecule has 1 N–H and O–H groups in total. The fraction of sp³-hybridized carbons (Fsp3) is 0.316. The Hall–Kier alpha value is -2.00. The molecule has 1 unspecified atom stereocenters. The minimum Gasteiger partial charge on any atom is -0.483 e. The van der Waals surface area contributed by atoms with E-state index in [1.807, 2.05) is 48.5 Å². The summed E-state index contributed by atoms with van der Waals surface area (Å²) < 4.78 is 5.70. The van der Waals surface area contributed by atoms with Crippen LogP contribution >= 0.6 is 11.6 Å². The highest BCUT2D eigenvalue weighted by Gasteiger charge is 2.11. The molecule has 0 saturated carbocycles.